The van der Waals surface area contributed by atoms with E-state index in [-0.39, 0.29) is 40.1 Å². The van der Waals surface area contributed by atoms with Crippen molar-refractivity contribution >= 4 is 29.0 Å². The molecule has 5 aliphatic rings. The highest BCUT2D eigenvalue weighted by molar-refractivity contribution is 6.24. The maximum Gasteiger partial charge on any atom is 0.358 e. The molecule has 1 aromatic carbocycles. The normalized spacial score (nSPS) is 29.2. The van der Waals surface area contributed by atoms with Crippen molar-refractivity contribution in [3.05, 3.63) is 64.5 Å². The maximum atomic E-state index is 13.8. The van der Waals surface area contributed by atoms with Crippen molar-refractivity contribution in [1.29, 1.82) is 0 Å². The molecule has 10 nitrogen and oxygen atoms in total. The summed E-state index contributed by atoms with van der Waals surface area (Å²) in [6, 6.07) is 9.48. The molecule has 4 aliphatic carbocycles. The summed E-state index contributed by atoms with van der Waals surface area (Å²) in [5, 5.41) is 9.61. The highest BCUT2D eigenvalue weighted by atomic mass is 16.6. The lowest BCUT2D eigenvalue weighted by atomic mass is 9.39. The standard InChI is InChI=1S/C40H54N4O6/c1-26(42-25-39-20-37(5)19-38(6,21-39)23-40(22-37,24-39)49-16-15-45)30(17-41)28-11-12-32(43-33(28)35(47)50-36(2,3)4)44-14-13-27-9-8-10-29(31(27)18-44)34(46)48-7/h8-12,17,45H,13-16,18-25,41H2,1-7H3. The average Bonchev–Trinajstić information content (AvgIpc) is 3.03. The zero-order valence-electron chi connectivity index (χ0n) is 30.9. The van der Waals surface area contributed by atoms with Gasteiger partial charge in [0.05, 0.1) is 31.5 Å². The summed E-state index contributed by atoms with van der Waals surface area (Å²) in [4.78, 5) is 38.6. The monoisotopic (exact) mass is 686 g/mol. The second-order valence-electron chi connectivity index (χ2n) is 17.1. The Labute approximate surface area is 296 Å². The summed E-state index contributed by atoms with van der Waals surface area (Å²) in [7, 11) is 1.39. The SMILES string of the molecule is COC(=O)c1cccc2c1CN(c1ccc(C(=CN)C(C)=NCC34CC5(C)CC(C)(C3)CC(OCCO)(C5)C4)c(C(=O)OC(C)(C)C)n1)CC2. The van der Waals surface area contributed by atoms with Crippen LogP contribution in [0.1, 0.15) is 118 Å². The van der Waals surface area contributed by atoms with Crippen LogP contribution in [-0.4, -0.2) is 72.4 Å². The molecule has 4 fully saturated rings. The fourth-order valence-corrected chi connectivity index (χ4v) is 10.6. The van der Waals surface area contributed by atoms with Gasteiger partial charge in [0.1, 0.15) is 11.4 Å². The number of carbonyl (C=O) groups excluding carboxylic acids is 2. The molecule has 4 bridgehead atoms. The number of rotatable bonds is 10. The van der Waals surface area contributed by atoms with Gasteiger partial charge in [-0.3, -0.25) is 4.99 Å². The third-order valence-electron chi connectivity index (χ3n) is 11.1. The number of nitrogens with zero attached hydrogens (tertiary/aromatic N) is 3. The van der Waals surface area contributed by atoms with Crippen molar-refractivity contribution in [3.8, 4) is 0 Å². The first-order chi connectivity index (χ1) is 23.5. The van der Waals surface area contributed by atoms with E-state index in [9.17, 15) is 14.7 Å². The van der Waals surface area contributed by atoms with Crippen molar-refractivity contribution in [2.24, 2.45) is 27.0 Å². The number of methoxy groups -OCH3 is 1. The molecule has 270 valence electrons. The minimum absolute atomic E-state index is 0.0155. The fourth-order valence-electron chi connectivity index (χ4n) is 10.6. The first kappa shape index (κ1) is 36.0. The minimum atomic E-state index is -0.736. The number of ether oxygens (including phenoxy) is 3. The number of nitrogens with two attached hydrogens (primary N) is 1. The van der Waals surface area contributed by atoms with Gasteiger partial charge >= 0.3 is 11.9 Å². The van der Waals surface area contributed by atoms with E-state index >= 15 is 0 Å². The molecule has 0 radical (unpaired) electrons. The van der Waals surface area contributed by atoms with E-state index in [0.29, 0.717) is 48.8 Å². The molecule has 3 N–H and O–H groups in total. The Hall–Kier alpha value is -3.76. The zero-order chi connectivity index (χ0) is 36.1. The van der Waals surface area contributed by atoms with Gasteiger partial charge in [0, 0.05) is 42.7 Å². The van der Waals surface area contributed by atoms with Gasteiger partial charge in [-0.1, -0.05) is 26.0 Å². The molecule has 2 aromatic rings. The average molecular weight is 687 g/mol. The van der Waals surface area contributed by atoms with Crippen molar-refractivity contribution in [1.82, 2.24) is 4.98 Å². The Bertz CT molecular complexity index is 1710. The van der Waals surface area contributed by atoms with E-state index in [4.69, 9.17) is 29.9 Å². The summed E-state index contributed by atoms with van der Waals surface area (Å²) in [6.45, 7) is 14.4. The molecular weight excluding hydrogens is 632 g/mol. The highest BCUT2D eigenvalue weighted by Crippen LogP contribution is 2.71. The predicted octanol–water partition coefficient (Wildman–Crippen LogP) is 6.27. The van der Waals surface area contributed by atoms with Crippen LogP contribution < -0.4 is 10.6 Å². The Kier molecular flexibility index (Phi) is 9.44. The third kappa shape index (κ3) is 7.06. The van der Waals surface area contributed by atoms with E-state index in [1.807, 2.05) is 52.0 Å². The lowest BCUT2D eigenvalue weighted by Crippen LogP contribution is -2.64. The molecule has 1 aromatic heterocycles. The van der Waals surface area contributed by atoms with Crippen molar-refractivity contribution in [2.75, 3.05) is 38.3 Å². The van der Waals surface area contributed by atoms with Crippen LogP contribution in [0.2, 0.25) is 0 Å². The summed E-state index contributed by atoms with van der Waals surface area (Å²) in [5.41, 5.74) is 10.3. The summed E-state index contributed by atoms with van der Waals surface area (Å²) in [6.07, 6.45) is 8.58. The van der Waals surface area contributed by atoms with Crippen molar-refractivity contribution in [2.45, 2.75) is 104 Å². The largest absolute Gasteiger partial charge is 0.465 e. The Morgan fingerprint density at radius 2 is 1.74 bits per heavy atom. The molecule has 10 heteroatoms. The molecule has 0 amide bonds. The van der Waals surface area contributed by atoms with Crippen LogP contribution in [0.25, 0.3) is 5.57 Å². The lowest BCUT2D eigenvalue weighted by molar-refractivity contribution is -0.243. The molecular formula is C40H54N4O6. The highest BCUT2D eigenvalue weighted by Gasteiger charge is 2.66. The van der Waals surface area contributed by atoms with Gasteiger partial charge in [0.25, 0.3) is 0 Å². The van der Waals surface area contributed by atoms with Crippen LogP contribution in [0.3, 0.4) is 0 Å². The number of benzene rings is 1. The number of aliphatic imine (C=N–C) groups is 1. The molecule has 2 heterocycles. The number of aliphatic hydroxyl groups is 1. The first-order valence-electron chi connectivity index (χ1n) is 17.9. The third-order valence-corrected chi connectivity index (χ3v) is 11.1. The van der Waals surface area contributed by atoms with Crippen molar-refractivity contribution in [3.63, 3.8) is 0 Å². The van der Waals surface area contributed by atoms with E-state index in [2.05, 4.69) is 18.7 Å². The molecule has 1 aliphatic heterocycles. The van der Waals surface area contributed by atoms with Crippen LogP contribution in [0.5, 0.6) is 0 Å². The first-order valence-corrected chi connectivity index (χ1v) is 17.9. The molecule has 2 unspecified atom stereocenters. The van der Waals surface area contributed by atoms with Crippen molar-refractivity contribution < 1.29 is 28.9 Å². The number of anilines is 1. The molecule has 2 atom stereocenters. The number of fused-ring (bicyclic) bond motifs is 1. The predicted molar refractivity (Wildman–Crippen MR) is 194 cm³/mol. The number of hydrogen-bond acceptors (Lipinski definition) is 10. The van der Waals surface area contributed by atoms with E-state index in [1.165, 1.54) is 19.7 Å². The molecule has 0 spiro atoms. The zero-order valence-corrected chi connectivity index (χ0v) is 30.9. The molecule has 0 saturated heterocycles. The number of carbonyl (C=O) groups is 2. The van der Waals surface area contributed by atoms with Gasteiger partial charge < -0.3 is 30.0 Å². The molecule has 4 saturated carbocycles. The number of aliphatic hydroxyl groups excluding tert-OH is 1. The number of allylic oxidation sites excluding steroid dienone is 1. The summed E-state index contributed by atoms with van der Waals surface area (Å²) in [5.74, 6) is -0.313. The van der Waals surface area contributed by atoms with E-state index in [1.54, 1.807) is 6.07 Å². The Balaban J connectivity index is 1.31. The lowest BCUT2D eigenvalue weighted by Gasteiger charge is -2.69. The van der Waals surface area contributed by atoms with Crippen LogP contribution >= 0.6 is 0 Å². The Morgan fingerprint density at radius 1 is 1.02 bits per heavy atom. The number of hydrogen-bond donors (Lipinski definition) is 2. The quantitative estimate of drug-likeness (QED) is 0.219. The number of esters is 2. The van der Waals surface area contributed by atoms with E-state index in [0.717, 1.165) is 55.4 Å². The number of aromatic nitrogens is 1. The van der Waals surface area contributed by atoms with Gasteiger partial charge in [-0.25, -0.2) is 14.6 Å². The van der Waals surface area contributed by atoms with Crippen LogP contribution in [0.4, 0.5) is 5.82 Å². The topological polar surface area (TPSA) is 137 Å². The van der Waals surface area contributed by atoms with Gasteiger partial charge in [-0.05, 0) is 118 Å². The van der Waals surface area contributed by atoms with E-state index < -0.39 is 11.6 Å². The summed E-state index contributed by atoms with van der Waals surface area (Å²) < 4.78 is 17.4. The maximum absolute atomic E-state index is 13.8. The fraction of sp³-hybridized carbons (Fsp3) is 0.600. The number of pyridine rings is 1. The minimum Gasteiger partial charge on any atom is -0.465 e. The van der Waals surface area contributed by atoms with Crippen LogP contribution in [0, 0.1) is 16.2 Å². The Morgan fingerprint density at radius 3 is 2.38 bits per heavy atom. The van der Waals surface area contributed by atoms with Gasteiger partial charge in [0.15, 0.2) is 5.69 Å². The second-order valence-corrected chi connectivity index (χ2v) is 17.1. The molecule has 7 rings (SSSR count). The van der Waals surface area contributed by atoms with Gasteiger partial charge in [-0.2, -0.15) is 0 Å². The van der Waals surface area contributed by atoms with Gasteiger partial charge in [0.2, 0.25) is 0 Å². The molecule has 50 heavy (non-hydrogen) atoms. The smallest absolute Gasteiger partial charge is 0.358 e. The van der Waals surface area contributed by atoms with Crippen LogP contribution in [0.15, 0.2) is 41.5 Å². The van der Waals surface area contributed by atoms with Gasteiger partial charge in [-0.15, -0.1) is 0 Å². The van der Waals surface area contributed by atoms with Crippen LogP contribution in [-0.2, 0) is 27.2 Å². The second kappa shape index (κ2) is 13.1. The summed E-state index contributed by atoms with van der Waals surface area (Å²) >= 11 is 0.